The lowest BCUT2D eigenvalue weighted by atomic mass is 9.91. The molecular formula is C19H18N9-. The number of nitrogens with one attached hydrogen (secondary N) is 1. The molecule has 0 saturated carbocycles. The van der Waals surface area contributed by atoms with Crippen LogP contribution in [0.3, 0.4) is 0 Å². The highest BCUT2D eigenvalue weighted by molar-refractivity contribution is 5.79. The number of azo groups is 1. The molecule has 3 heterocycles. The van der Waals surface area contributed by atoms with Crippen LogP contribution in [-0.4, -0.2) is 15.2 Å². The van der Waals surface area contributed by atoms with Crippen molar-refractivity contribution >= 4 is 22.8 Å². The van der Waals surface area contributed by atoms with Gasteiger partial charge in [-0.05, 0) is 17.9 Å². The van der Waals surface area contributed by atoms with E-state index in [1.165, 1.54) is 4.63 Å². The Morgan fingerprint density at radius 3 is 2.57 bits per heavy atom. The summed E-state index contributed by atoms with van der Waals surface area (Å²) in [6.45, 7) is 15.3. The van der Waals surface area contributed by atoms with Gasteiger partial charge in [-0.15, -0.1) is 10.2 Å². The van der Waals surface area contributed by atoms with Gasteiger partial charge in [-0.25, -0.2) is 4.85 Å². The van der Waals surface area contributed by atoms with Gasteiger partial charge in [-0.1, -0.05) is 61.8 Å². The zero-order chi connectivity index (χ0) is 19.9. The number of aromatic amines is 1. The summed E-state index contributed by atoms with van der Waals surface area (Å²) < 4.78 is 1.45. The van der Waals surface area contributed by atoms with Gasteiger partial charge in [0.25, 0.3) is 5.69 Å². The minimum Gasteiger partial charge on any atom is -0.506 e. The van der Waals surface area contributed by atoms with Crippen LogP contribution >= 0.6 is 0 Å². The average molecular weight is 372 g/mol. The third kappa shape index (κ3) is 2.95. The standard InChI is InChI=1S/C19H18N9/c1-11-21-18-14(13(27-28(18)26-11)12-9-7-6-8-10-12)22-24-17-15(20-5)16(23-25-17)19(2,3)4/h6-10H,1-4H3,(H-,21,23,25,26)/q-1. The van der Waals surface area contributed by atoms with Crippen molar-refractivity contribution in [1.82, 2.24) is 25.4 Å². The van der Waals surface area contributed by atoms with E-state index in [2.05, 4.69) is 40.5 Å². The summed E-state index contributed by atoms with van der Waals surface area (Å²) in [6, 6.07) is 9.65. The van der Waals surface area contributed by atoms with Crippen molar-refractivity contribution in [3.05, 3.63) is 53.3 Å². The van der Waals surface area contributed by atoms with Crippen molar-refractivity contribution in [1.29, 1.82) is 0 Å². The highest BCUT2D eigenvalue weighted by Crippen LogP contribution is 2.38. The molecule has 0 spiro atoms. The quantitative estimate of drug-likeness (QED) is 0.336. The summed E-state index contributed by atoms with van der Waals surface area (Å²) in [6.07, 6.45) is 0. The van der Waals surface area contributed by atoms with Crippen LogP contribution < -0.4 is 14.8 Å². The zero-order valence-corrected chi connectivity index (χ0v) is 16.0. The second-order valence-electron chi connectivity index (χ2n) is 7.37. The molecule has 1 N–H and O–H groups in total. The van der Waals surface area contributed by atoms with E-state index in [9.17, 15) is 0 Å². The Hall–Kier alpha value is -3.80. The molecule has 0 aliphatic rings. The van der Waals surface area contributed by atoms with Crippen molar-refractivity contribution in [2.45, 2.75) is 33.1 Å². The molecule has 140 valence electrons. The Morgan fingerprint density at radius 1 is 1.14 bits per heavy atom. The summed E-state index contributed by atoms with van der Waals surface area (Å²) in [5, 5.41) is 24.5. The van der Waals surface area contributed by atoms with E-state index in [1.807, 2.05) is 51.1 Å². The number of aromatic nitrogens is 6. The number of H-pyrrole nitrogens is 1. The molecule has 3 aromatic heterocycles. The van der Waals surface area contributed by atoms with Crippen LogP contribution in [0.1, 0.15) is 32.3 Å². The molecular weight excluding hydrogens is 354 g/mol. The molecule has 0 saturated heterocycles. The molecule has 0 bridgehead atoms. The number of nitrogens with zero attached hydrogens (tertiary/aromatic N) is 8. The van der Waals surface area contributed by atoms with Crippen molar-refractivity contribution in [2.24, 2.45) is 10.2 Å². The predicted octanol–water partition coefficient (Wildman–Crippen LogP) is 3.70. The summed E-state index contributed by atoms with van der Waals surface area (Å²) in [5.74, 6) is 0.838. The van der Waals surface area contributed by atoms with Crippen molar-refractivity contribution in [2.75, 3.05) is 0 Å². The summed E-state index contributed by atoms with van der Waals surface area (Å²) >= 11 is 0. The first kappa shape index (κ1) is 17.6. The Balaban J connectivity index is 1.84. The molecule has 0 atom stereocenters. The fraction of sp³-hybridized carbons (Fsp3) is 0.263. The maximum atomic E-state index is 7.51. The molecule has 0 aliphatic carbocycles. The highest BCUT2D eigenvalue weighted by atomic mass is 15.5. The van der Waals surface area contributed by atoms with Gasteiger partial charge in [0.05, 0.1) is 12.4 Å². The van der Waals surface area contributed by atoms with Crippen LogP contribution in [0.2, 0.25) is 0 Å². The van der Waals surface area contributed by atoms with E-state index in [-0.39, 0.29) is 11.2 Å². The lowest BCUT2D eigenvalue weighted by Crippen LogP contribution is -2.29. The maximum absolute atomic E-state index is 7.51. The molecule has 4 aromatic rings. The molecule has 0 aliphatic heterocycles. The average Bonchev–Trinajstić information content (AvgIpc) is 3.32. The van der Waals surface area contributed by atoms with E-state index in [1.54, 1.807) is 6.92 Å². The van der Waals surface area contributed by atoms with Gasteiger partial charge < -0.3 is 14.8 Å². The van der Waals surface area contributed by atoms with E-state index in [0.717, 1.165) is 11.3 Å². The van der Waals surface area contributed by atoms with Gasteiger partial charge in [0.2, 0.25) is 5.82 Å². The summed E-state index contributed by atoms with van der Waals surface area (Å²) in [4.78, 5) is 8.00. The predicted molar refractivity (Wildman–Crippen MR) is 102 cm³/mol. The van der Waals surface area contributed by atoms with Crippen LogP contribution in [0.15, 0.2) is 40.6 Å². The van der Waals surface area contributed by atoms with E-state index < -0.39 is 0 Å². The lowest BCUT2D eigenvalue weighted by molar-refractivity contribution is -0.647. The highest BCUT2D eigenvalue weighted by Gasteiger charge is 2.24. The number of hydrogen-bond acceptors (Lipinski definition) is 4. The third-order valence-corrected chi connectivity index (χ3v) is 4.20. The number of rotatable bonds is 3. The smallest absolute Gasteiger partial charge is 0.325 e. The third-order valence-electron chi connectivity index (χ3n) is 4.20. The number of aryl methyl sites for hydroxylation is 1. The first-order valence-electron chi connectivity index (χ1n) is 8.72. The van der Waals surface area contributed by atoms with Crippen LogP contribution in [0.4, 0.5) is 17.2 Å². The summed E-state index contributed by atoms with van der Waals surface area (Å²) in [5.41, 5.74) is 3.34. The van der Waals surface area contributed by atoms with E-state index >= 15 is 0 Å². The second-order valence-corrected chi connectivity index (χ2v) is 7.37. The molecule has 0 amide bonds. The van der Waals surface area contributed by atoms with Gasteiger partial charge >= 0.3 is 5.65 Å². The fourth-order valence-electron chi connectivity index (χ4n) is 2.88. The number of benzene rings is 1. The fourth-order valence-corrected chi connectivity index (χ4v) is 2.88. The van der Waals surface area contributed by atoms with Crippen LogP contribution in [0, 0.1) is 13.5 Å². The first-order valence-corrected chi connectivity index (χ1v) is 8.72. The van der Waals surface area contributed by atoms with Crippen molar-refractivity contribution in [3.8, 4) is 11.3 Å². The lowest BCUT2D eigenvalue weighted by Gasteiger charge is -2.16. The molecule has 0 radical (unpaired) electrons. The van der Waals surface area contributed by atoms with Gasteiger partial charge in [-0.3, -0.25) is 5.10 Å². The Bertz CT molecular complexity index is 1210. The number of fused-ring (bicyclic) bond motifs is 1. The topological polar surface area (TPSA) is 103 Å². The van der Waals surface area contributed by atoms with Crippen LogP contribution in [-0.2, 0) is 5.41 Å². The molecule has 0 fully saturated rings. The SMILES string of the molecule is [C-]#[N+]c1c(N=Nc2c(-c3ccccc3)[n-][n+]3[n-]c(C)nc23)n[nH]c1C(C)(C)C. The summed E-state index contributed by atoms with van der Waals surface area (Å²) in [7, 11) is 0. The molecule has 28 heavy (non-hydrogen) atoms. The monoisotopic (exact) mass is 372 g/mol. The largest absolute Gasteiger partial charge is 0.506 e. The Labute approximate surface area is 161 Å². The van der Waals surface area contributed by atoms with Crippen molar-refractivity contribution < 1.29 is 4.63 Å². The molecule has 0 unspecified atom stereocenters. The second kappa shape index (κ2) is 6.42. The van der Waals surface area contributed by atoms with Gasteiger partial charge in [0, 0.05) is 5.69 Å². The van der Waals surface area contributed by atoms with Gasteiger partial charge in [0.1, 0.15) is 0 Å². The van der Waals surface area contributed by atoms with Crippen LogP contribution in [0.25, 0.3) is 21.7 Å². The molecule has 4 rings (SSSR count). The van der Waals surface area contributed by atoms with Crippen LogP contribution in [0.5, 0.6) is 0 Å². The molecule has 1 aromatic carbocycles. The van der Waals surface area contributed by atoms with E-state index in [0.29, 0.717) is 28.5 Å². The molecule has 9 heteroatoms. The first-order chi connectivity index (χ1) is 13.4. The minimum absolute atomic E-state index is 0.245. The van der Waals surface area contributed by atoms with Crippen molar-refractivity contribution in [3.63, 3.8) is 0 Å². The van der Waals surface area contributed by atoms with Gasteiger partial charge in [0.15, 0.2) is 5.69 Å². The number of hydrogen-bond donors (Lipinski definition) is 1. The van der Waals surface area contributed by atoms with Gasteiger partial charge in [-0.2, -0.15) is 5.10 Å². The normalized spacial score (nSPS) is 12.1. The van der Waals surface area contributed by atoms with E-state index in [4.69, 9.17) is 6.57 Å². The molecule has 9 nitrogen and oxygen atoms in total. The zero-order valence-electron chi connectivity index (χ0n) is 16.0. The Kier molecular flexibility index (Phi) is 4.04. The maximum Gasteiger partial charge on any atom is 0.325 e. The Morgan fingerprint density at radius 2 is 1.89 bits per heavy atom. The minimum atomic E-state index is -0.255.